The van der Waals surface area contributed by atoms with Gasteiger partial charge in [-0.1, -0.05) is 0 Å². The largest absolute Gasteiger partial charge is 0.444 e. The van der Waals surface area contributed by atoms with Crippen LogP contribution in [0.5, 0.6) is 0 Å². The van der Waals surface area contributed by atoms with Crippen molar-refractivity contribution in [2.45, 2.75) is 140 Å². The van der Waals surface area contributed by atoms with Crippen LogP contribution in [-0.2, 0) is 38.0 Å². The zero-order valence-corrected chi connectivity index (χ0v) is 33.2. The molecule has 0 aromatic carbocycles. The van der Waals surface area contributed by atoms with Crippen LogP contribution in [0.2, 0.25) is 0 Å². The van der Waals surface area contributed by atoms with Crippen LogP contribution in [0.15, 0.2) is 0 Å². The number of hydrogen-bond acceptors (Lipinski definition) is 12. The fraction of sp³-hybridized carbons (Fsp3) is 0.824. The average molecular weight is 799 g/mol. The van der Waals surface area contributed by atoms with E-state index < -0.39 is 70.0 Å². The van der Waals surface area contributed by atoms with Gasteiger partial charge in [-0.15, -0.1) is 8.57 Å². The molecule has 6 aliphatic heterocycles. The lowest BCUT2D eigenvalue weighted by Gasteiger charge is -2.35. The lowest BCUT2D eigenvalue weighted by Crippen LogP contribution is -2.54. The number of amides is 8. The molecule has 0 saturated carbocycles. The zero-order chi connectivity index (χ0) is 40.0. The number of hydrogen-bond donors (Lipinski definition) is 2. The summed E-state index contributed by atoms with van der Waals surface area (Å²) in [4.78, 5) is 83.9. The zero-order valence-electron chi connectivity index (χ0n) is 32.4. The first-order valence-electron chi connectivity index (χ1n) is 19.1. The Bertz CT molecular complexity index is 1520. The van der Waals surface area contributed by atoms with Gasteiger partial charge < -0.3 is 39.7 Å². The molecule has 8 amide bonds. The number of urea groups is 2. The molecule has 4 unspecified atom stereocenters. The Morgan fingerprint density at radius 2 is 0.927 bits per heavy atom. The predicted molar refractivity (Wildman–Crippen MR) is 191 cm³/mol. The summed E-state index contributed by atoms with van der Waals surface area (Å²) in [6.45, 7) is 12.5. The number of rotatable bonds is 8. The molecule has 308 valence electrons. The number of fused-ring (bicyclic) bond motifs is 4. The summed E-state index contributed by atoms with van der Waals surface area (Å²) in [6, 6.07) is -5.12. The van der Waals surface area contributed by atoms with Crippen molar-refractivity contribution < 1.29 is 55.2 Å². The first-order chi connectivity index (χ1) is 25.7. The number of piperidine rings is 4. The molecule has 21 heteroatoms. The molecule has 6 aliphatic rings. The third-order valence-electron chi connectivity index (χ3n) is 10.6. The Kier molecular flexibility index (Phi) is 11.4. The maximum absolute atomic E-state index is 13.4. The molecule has 0 aliphatic carbocycles. The molecule has 55 heavy (non-hydrogen) atoms. The van der Waals surface area contributed by atoms with E-state index in [0.29, 0.717) is 62.0 Å². The third-order valence-corrected chi connectivity index (χ3v) is 11.3. The van der Waals surface area contributed by atoms with E-state index >= 15 is 0 Å². The summed E-state index contributed by atoms with van der Waals surface area (Å²) in [7, 11) is -4.99. The van der Waals surface area contributed by atoms with E-state index in [9.17, 15) is 37.2 Å². The molecular formula is C34H54N8O12S. The van der Waals surface area contributed by atoms with Gasteiger partial charge in [-0.05, 0) is 92.9 Å². The van der Waals surface area contributed by atoms with Crippen molar-refractivity contribution in [1.82, 2.24) is 40.4 Å². The number of carbonyl (C=O) groups excluding carboxylic acids is 6. The van der Waals surface area contributed by atoms with Crippen LogP contribution in [0.25, 0.3) is 0 Å². The van der Waals surface area contributed by atoms with Gasteiger partial charge in [0, 0.05) is 51.4 Å². The molecule has 2 N–H and O–H groups in total. The van der Waals surface area contributed by atoms with Gasteiger partial charge in [0.25, 0.3) is 0 Å². The molecule has 4 bridgehead atoms. The summed E-state index contributed by atoms with van der Waals surface area (Å²) in [5.41, 5.74) is -1.24. The fourth-order valence-electron chi connectivity index (χ4n) is 7.88. The highest BCUT2D eigenvalue weighted by molar-refractivity contribution is 7.81. The molecule has 20 nitrogen and oxygen atoms in total. The number of nitrogens with zero attached hydrogens (tertiary/aromatic N) is 6. The van der Waals surface area contributed by atoms with Crippen molar-refractivity contribution in [2.24, 2.45) is 0 Å². The van der Waals surface area contributed by atoms with E-state index in [2.05, 4.69) is 10.6 Å². The van der Waals surface area contributed by atoms with Gasteiger partial charge in [-0.2, -0.15) is 18.5 Å². The van der Waals surface area contributed by atoms with E-state index in [-0.39, 0.29) is 62.7 Å². The maximum atomic E-state index is 13.4. The molecule has 6 fully saturated rings. The molecule has 0 radical (unpaired) electrons. The normalized spacial score (nSPS) is 26.7. The SMILES string of the molecule is CC(C)(C)OC(=O)N1CCC(NC(=O)C2CCC3CN2C(=O)N3OS(=O)(=O)ON2C(=O)N3CC2CCC3C(=O)NC2CCN(C(=O)OC(C)(C)C)CC2)CC1. The first kappa shape index (κ1) is 40.6. The molecule has 6 saturated heterocycles. The van der Waals surface area contributed by atoms with Crippen molar-refractivity contribution in [3.8, 4) is 0 Å². The van der Waals surface area contributed by atoms with Gasteiger partial charge in [-0.3, -0.25) is 9.59 Å². The van der Waals surface area contributed by atoms with Crippen LogP contribution >= 0.6 is 0 Å². The first-order valence-corrected chi connectivity index (χ1v) is 20.4. The Labute approximate surface area is 321 Å². The van der Waals surface area contributed by atoms with Gasteiger partial charge in [0.2, 0.25) is 11.8 Å². The predicted octanol–water partition coefficient (Wildman–Crippen LogP) is 1.66. The molecule has 6 heterocycles. The highest BCUT2D eigenvalue weighted by atomic mass is 32.3. The second-order valence-corrected chi connectivity index (χ2v) is 18.2. The topological polar surface area (TPSA) is 217 Å². The quantitative estimate of drug-likeness (QED) is 0.359. The summed E-state index contributed by atoms with van der Waals surface area (Å²) in [6.07, 6.45) is 2.32. The molecule has 0 aromatic heterocycles. The van der Waals surface area contributed by atoms with Crippen molar-refractivity contribution in [3.05, 3.63) is 0 Å². The van der Waals surface area contributed by atoms with Gasteiger partial charge in [0.1, 0.15) is 23.3 Å². The smallest absolute Gasteiger partial charge is 0.442 e. The van der Waals surface area contributed by atoms with Gasteiger partial charge in [-0.25, -0.2) is 19.2 Å². The van der Waals surface area contributed by atoms with Gasteiger partial charge >= 0.3 is 34.6 Å². The second-order valence-electron chi connectivity index (χ2n) is 17.1. The van der Waals surface area contributed by atoms with Crippen LogP contribution in [0.1, 0.15) is 92.9 Å². The van der Waals surface area contributed by atoms with E-state index in [1.807, 2.05) is 0 Å². The summed E-state index contributed by atoms with van der Waals surface area (Å²) < 4.78 is 47.5. The van der Waals surface area contributed by atoms with Crippen molar-refractivity contribution in [2.75, 3.05) is 39.3 Å². The van der Waals surface area contributed by atoms with Crippen molar-refractivity contribution in [1.29, 1.82) is 0 Å². The minimum absolute atomic E-state index is 0.0550. The summed E-state index contributed by atoms with van der Waals surface area (Å²) >= 11 is 0. The highest BCUT2D eigenvalue weighted by Gasteiger charge is 2.53. The van der Waals surface area contributed by atoms with Crippen LogP contribution in [0.4, 0.5) is 19.2 Å². The molecule has 4 atom stereocenters. The van der Waals surface area contributed by atoms with Gasteiger partial charge in [0.05, 0.1) is 12.1 Å². The summed E-state index contributed by atoms with van der Waals surface area (Å²) in [5, 5.41) is 7.31. The minimum atomic E-state index is -4.99. The van der Waals surface area contributed by atoms with Crippen LogP contribution in [0.3, 0.4) is 0 Å². The van der Waals surface area contributed by atoms with Crippen molar-refractivity contribution >= 4 is 46.5 Å². The summed E-state index contributed by atoms with van der Waals surface area (Å²) in [5.74, 6) is -0.755. The lowest BCUT2D eigenvalue weighted by atomic mass is 9.99. The highest BCUT2D eigenvalue weighted by Crippen LogP contribution is 2.34. The van der Waals surface area contributed by atoms with Crippen LogP contribution in [-0.4, -0.2) is 161 Å². The maximum Gasteiger partial charge on any atom is 0.442 e. The monoisotopic (exact) mass is 798 g/mol. The lowest BCUT2D eigenvalue weighted by molar-refractivity contribution is -0.127. The van der Waals surface area contributed by atoms with Crippen LogP contribution < -0.4 is 10.6 Å². The van der Waals surface area contributed by atoms with E-state index in [1.54, 1.807) is 51.3 Å². The standard InChI is InChI=1S/C34H54N8O12S/c1-33(2,3)51-31(47)37-15-11-21(12-16-37)35-27(43)25-9-7-23-19-39(25)29(45)41(23)53-55(49,50)54-42-24-8-10-26(40(20-24)30(42)46)28(44)36-22-13-17-38(18-14-22)32(48)52-34(4,5)6/h21-26H,7-20H2,1-6H3,(H,35,43)(H,36,44). The third kappa shape index (κ3) is 9.48. The average Bonchev–Trinajstić information content (AvgIpc) is 3.46. The van der Waals surface area contributed by atoms with E-state index in [1.165, 1.54) is 9.80 Å². The minimum Gasteiger partial charge on any atom is -0.444 e. The van der Waals surface area contributed by atoms with Crippen LogP contribution in [0, 0.1) is 0 Å². The van der Waals surface area contributed by atoms with Crippen molar-refractivity contribution in [3.63, 3.8) is 0 Å². The Morgan fingerprint density at radius 3 is 1.25 bits per heavy atom. The molecular weight excluding hydrogens is 744 g/mol. The second kappa shape index (κ2) is 15.4. The number of nitrogens with one attached hydrogen (secondary N) is 2. The Balaban J connectivity index is 0.967. The number of ether oxygens (including phenoxy) is 2. The van der Waals surface area contributed by atoms with E-state index in [4.69, 9.17) is 18.0 Å². The van der Waals surface area contributed by atoms with E-state index in [0.717, 1.165) is 0 Å². The molecule has 0 spiro atoms. The number of hydroxylamine groups is 4. The molecule has 6 rings (SSSR count). The molecule has 0 aromatic rings. The Hall–Kier alpha value is -4.11. The van der Waals surface area contributed by atoms with Gasteiger partial charge in [0.15, 0.2) is 0 Å². The number of carbonyl (C=O) groups is 6. The number of likely N-dealkylation sites (tertiary alicyclic amines) is 2. The fourth-order valence-corrected chi connectivity index (χ4v) is 8.67. The Morgan fingerprint density at radius 1 is 0.582 bits per heavy atom.